The van der Waals surface area contributed by atoms with Crippen LogP contribution >= 0.6 is 0 Å². The number of alkyl halides is 24. The summed E-state index contributed by atoms with van der Waals surface area (Å²) in [6.45, 7) is 10.1. The third-order valence-electron chi connectivity index (χ3n) is 4.63. The smallest absolute Gasteiger partial charge is 0.324 e. The maximum Gasteiger partial charge on any atom is 3.00 e. The minimum atomic E-state index is -5.46. The van der Waals surface area contributed by atoms with Gasteiger partial charge in [-0.2, -0.15) is 105 Å². The Balaban J connectivity index is -0.000000153. The van der Waals surface area contributed by atoms with E-state index in [1.54, 1.807) is 0 Å². The summed E-state index contributed by atoms with van der Waals surface area (Å²) in [5, 5.41) is 0. The molecule has 34 heteroatoms. The van der Waals surface area contributed by atoms with Crippen LogP contribution in [0.25, 0.3) is 0 Å². The average Bonchev–Trinajstić information content (AvgIpc) is 2.99. The van der Waals surface area contributed by atoms with Crippen LogP contribution in [-0.4, -0.2) is 120 Å². The Kier molecular flexibility index (Phi) is 30.7. The van der Waals surface area contributed by atoms with Gasteiger partial charge in [0.1, 0.15) is 46.3 Å². The Labute approximate surface area is 358 Å². The Morgan fingerprint density at radius 3 is 0.400 bits per heavy atom. The zero-order valence-electron chi connectivity index (χ0n) is 28.6. The monoisotopic (exact) mass is 1080 g/mol. The average molecular weight is 1080 g/mol. The Hall–Kier alpha value is -3.30. The molecule has 0 aliphatic carbocycles. The fourth-order valence-electron chi connectivity index (χ4n) is 1.80. The van der Waals surface area contributed by atoms with E-state index in [-0.39, 0.29) is 49.4 Å². The molecule has 0 aliphatic heterocycles. The number of nitrogens with zero attached hydrogens (tertiary/aromatic N) is 1. The van der Waals surface area contributed by atoms with Gasteiger partial charge in [0, 0.05) is 0 Å². The first kappa shape index (κ1) is 68.4. The van der Waals surface area contributed by atoms with Crippen LogP contribution in [0.15, 0.2) is 0 Å². The first-order chi connectivity index (χ1) is 25.5. The van der Waals surface area contributed by atoms with Gasteiger partial charge in [-0.15, -0.1) is 0 Å². The minimum Gasteiger partial charge on any atom is -0.324 e. The quantitative estimate of drug-likeness (QED) is 0.120. The Morgan fingerprint density at radius 1 is 0.283 bits per heavy atom. The molecular formula is C26H19EuF24NO8-. The van der Waals surface area contributed by atoms with Gasteiger partial charge in [-0.3, -0.25) is 0 Å². The molecule has 0 rings (SSSR count). The Bertz CT molecular complexity index is 1110. The van der Waals surface area contributed by atoms with Crippen molar-refractivity contribution in [3.05, 3.63) is 25.7 Å². The summed E-state index contributed by atoms with van der Waals surface area (Å²) in [7, 11) is 0. The standard InChI is InChI=1S/C6H15N.4C5HF6O2.Eu/c1-4-7(5-2)6-3;4*6-4(7,8)2(12)1-3(13)5(9,10)11;/h4-6H2,1-3H3;4*1H;/q;4*-1;+3. The molecular weight excluding hydrogens is 1060 g/mol. The number of carbonyl (C=O) groups excluding carboxylic acids is 8. The first-order valence-corrected chi connectivity index (χ1v) is 13.5. The van der Waals surface area contributed by atoms with Gasteiger partial charge in [0.2, 0.25) is 0 Å². The second-order valence-electron chi connectivity index (χ2n) is 9.09. The van der Waals surface area contributed by atoms with Gasteiger partial charge < -0.3 is 43.3 Å². The van der Waals surface area contributed by atoms with E-state index in [0.29, 0.717) is 0 Å². The van der Waals surface area contributed by atoms with E-state index in [0.717, 1.165) is 0 Å². The zero-order chi connectivity index (χ0) is 49.1. The van der Waals surface area contributed by atoms with Crippen molar-refractivity contribution in [1.82, 2.24) is 4.90 Å². The number of carbonyl (C=O) groups is 8. The van der Waals surface area contributed by atoms with Crippen LogP contribution in [0.4, 0.5) is 105 Å². The number of halogens is 24. The van der Waals surface area contributed by atoms with Crippen molar-refractivity contribution < 1.29 is 193 Å². The summed E-state index contributed by atoms with van der Waals surface area (Å²) < 4.78 is 271. The van der Waals surface area contributed by atoms with Gasteiger partial charge >= 0.3 is 98.8 Å². The molecule has 0 bridgehead atoms. The third-order valence-corrected chi connectivity index (χ3v) is 4.63. The predicted octanol–water partition coefficient (Wildman–Crippen LogP) is 7.16. The molecule has 0 aromatic heterocycles. The van der Waals surface area contributed by atoms with Gasteiger partial charge in [-0.1, -0.05) is 20.8 Å². The molecule has 352 valence electrons. The molecule has 0 aromatic rings. The van der Waals surface area contributed by atoms with Gasteiger partial charge in [0.25, 0.3) is 0 Å². The van der Waals surface area contributed by atoms with Crippen LogP contribution in [0, 0.1) is 75.1 Å². The largest absolute Gasteiger partial charge is 3.00 e. The van der Waals surface area contributed by atoms with E-state index < -0.39 is 121 Å². The second-order valence-corrected chi connectivity index (χ2v) is 9.09. The molecule has 0 N–H and O–H groups in total. The number of Topliss-reactive ketones (excluding diaryl/α,β-unsaturated/α-hetero) is 8. The minimum absolute atomic E-state index is 0. The molecule has 0 aliphatic rings. The summed E-state index contributed by atoms with van der Waals surface area (Å²) in [5.41, 5.74) is 0. The zero-order valence-corrected chi connectivity index (χ0v) is 31.0. The van der Waals surface area contributed by atoms with Crippen LogP contribution < -0.4 is 0 Å². The van der Waals surface area contributed by atoms with E-state index in [9.17, 15) is 144 Å². The molecule has 0 spiro atoms. The van der Waals surface area contributed by atoms with E-state index in [1.807, 2.05) is 0 Å². The van der Waals surface area contributed by atoms with E-state index >= 15 is 0 Å². The summed E-state index contributed by atoms with van der Waals surface area (Å²) in [6.07, 6.45) is -47.8. The predicted molar refractivity (Wildman–Crippen MR) is 139 cm³/mol. The van der Waals surface area contributed by atoms with E-state index in [1.165, 1.54) is 19.6 Å². The molecule has 0 saturated heterocycles. The fraction of sp³-hybridized carbons (Fsp3) is 0.538. The topological polar surface area (TPSA) is 140 Å². The van der Waals surface area contributed by atoms with Crippen LogP contribution in [0.1, 0.15) is 20.8 Å². The number of hydrogen-bond donors (Lipinski definition) is 0. The molecule has 0 unspecified atom stereocenters. The molecule has 0 aromatic carbocycles. The van der Waals surface area contributed by atoms with E-state index in [4.69, 9.17) is 0 Å². The van der Waals surface area contributed by atoms with Crippen molar-refractivity contribution in [3.8, 4) is 0 Å². The molecule has 0 saturated carbocycles. The summed E-state index contributed by atoms with van der Waals surface area (Å²) in [6, 6.07) is 0. The number of hydrogen-bond acceptors (Lipinski definition) is 9. The van der Waals surface area contributed by atoms with Gasteiger partial charge in [-0.25, -0.2) is 25.7 Å². The second kappa shape index (κ2) is 26.9. The summed E-state index contributed by atoms with van der Waals surface area (Å²) >= 11 is 0. The van der Waals surface area contributed by atoms with Crippen molar-refractivity contribution in [2.75, 3.05) is 19.6 Å². The molecule has 60 heavy (non-hydrogen) atoms. The third kappa shape index (κ3) is 35.5. The number of rotatable bonds is 11. The van der Waals surface area contributed by atoms with Crippen LogP contribution in [0.5, 0.6) is 0 Å². The van der Waals surface area contributed by atoms with Crippen LogP contribution in [-0.2, 0) is 38.4 Å². The van der Waals surface area contributed by atoms with Crippen molar-refractivity contribution in [2.45, 2.75) is 70.2 Å². The first-order valence-electron chi connectivity index (χ1n) is 13.5. The maximum atomic E-state index is 11.3. The molecule has 9 nitrogen and oxygen atoms in total. The maximum absolute atomic E-state index is 11.3. The molecule has 0 heterocycles. The fourth-order valence-corrected chi connectivity index (χ4v) is 1.80. The normalized spacial score (nSPS) is 12.0. The SMILES string of the molecule is CCN(CC)CC.O=C([CH-]C(=O)C(F)(F)F)C(F)(F)F.O=C([CH-]C(=O)C(F)(F)F)C(F)(F)F.O=C([CH-]C(=O)C(F)(F)F)C(F)(F)F.O=C([CH-]C(=O)C(F)(F)F)C(F)(F)F.[Eu+3]. The number of ketones is 8. The summed E-state index contributed by atoms with van der Waals surface area (Å²) in [5.74, 6) is -22.6. The van der Waals surface area contributed by atoms with Gasteiger partial charge in [-0.05, 0) is 19.6 Å². The molecule has 0 radical (unpaired) electrons. The Morgan fingerprint density at radius 2 is 0.367 bits per heavy atom. The van der Waals surface area contributed by atoms with Crippen molar-refractivity contribution in [2.24, 2.45) is 0 Å². The van der Waals surface area contributed by atoms with Crippen LogP contribution in [0.2, 0.25) is 0 Å². The van der Waals surface area contributed by atoms with Crippen LogP contribution in [0.3, 0.4) is 0 Å². The van der Waals surface area contributed by atoms with E-state index in [2.05, 4.69) is 25.7 Å². The summed E-state index contributed by atoms with van der Waals surface area (Å²) in [4.78, 5) is 80.9. The van der Waals surface area contributed by atoms with Crippen molar-refractivity contribution >= 4 is 46.3 Å². The van der Waals surface area contributed by atoms with Gasteiger partial charge in [0.05, 0.1) is 0 Å². The van der Waals surface area contributed by atoms with Crippen molar-refractivity contribution in [1.29, 1.82) is 0 Å². The van der Waals surface area contributed by atoms with Crippen molar-refractivity contribution in [3.63, 3.8) is 0 Å². The molecule has 0 fully saturated rings. The molecule has 0 amide bonds. The molecule has 0 atom stereocenters. The van der Waals surface area contributed by atoms with Gasteiger partial charge in [0.15, 0.2) is 0 Å².